The third-order valence-corrected chi connectivity index (χ3v) is 7.42. The maximum Gasteiger partial charge on any atom is 0.245 e. The van der Waals surface area contributed by atoms with Gasteiger partial charge in [-0.25, -0.2) is 18.4 Å². The Morgan fingerprint density at radius 2 is 2.00 bits per heavy atom. The van der Waals surface area contributed by atoms with Crippen LogP contribution in [0.3, 0.4) is 0 Å². The van der Waals surface area contributed by atoms with Crippen LogP contribution >= 0.6 is 11.7 Å². The average molecular weight is 400 g/mol. The highest BCUT2D eigenvalue weighted by molar-refractivity contribution is 7.89. The van der Waals surface area contributed by atoms with Crippen molar-refractivity contribution in [1.82, 2.24) is 27.6 Å². The summed E-state index contributed by atoms with van der Waals surface area (Å²) < 4.78 is 38.4. The molecule has 0 spiro atoms. The molecule has 3 aromatic heterocycles. The summed E-state index contributed by atoms with van der Waals surface area (Å²) in [6, 6.07) is 8.87. The van der Waals surface area contributed by atoms with Crippen molar-refractivity contribution >= 4 is 43.9 Å². The lowest BCUT2D eigenvalue weighted by Gasteiger charge is -2.18. The van der Waals surface area contributed by atoms with E-state index >= 15 is 0 Å². The molecule has 0 amide bonds. The van der Waals surface area contributed by atoms with Gasteiger partial charge in [-0.05, 0) is 37.6 Å². The molecule has 0 unspecified atom stereocenters. The molecule has 0 aliphatic carbocycles. The zero-order valence-corrected chi connectivity index (χ0v) is 16.1. The molecule has 4 heterocycles. The first-order chi connectivity index (χ1) is 13.1. The number of hydrogen-bond acceptors (Lipinski definition) is 7. The van der Waals surface area contributed by atoms with Crippen LogP contribution in [0.5, 0.6) is 0 Å². The van der Waals surface area contributed by atoms with Crippen LogP contribution in [0, 0.1) is 6.92 Å². The zero-order valence-electron chi connectivity index (χ0n) is 14.5. The maximum absolute atomic E-state index is 13.2. The molecular formula is C17H16N6O2S2. The number of fused-ring (bicyclic) bond motifs is 2. The molecule has 10 heteroatoms. The molecular weight excluding hydrogens is 384 g/mol. The Morgan fingerprint density at radius 3 is 2.89 bits per heavy atom. The SMILES string of the molecule is Cc1nc2cccnc2n1[C@@H]1CCN(S(=O)(=O)c2cccc3nsnc23)C1. The van der Waals surface area contributed by atoms with Crippen LogP contribution in [0.2, 0.25) is 0 Å². The summed E-state index contributed by atoms with van der Waals surface area (Å²) in [4.78, 5) is 9.22. The third-order valence-electron chi connectivity index (χ3n) is 4.98. The molecule has 27 heavy (non-hydrogen) atoms. The minimum atomic E-state index is -3.64. The van der Waals surface area contributed by atoms with Crippen molar-refractivity contribution in [2.75, 3.05) is 13.1 Å². The predicted octanol–water partition coefficient (Wildman–Crippen LogP) is 2.38. The van der Waals surface area contributed by atoms with Gasteiger partial charge in [-0.15, -0.1) is 0 Å². The molecule has 0 saturated carbocycles. The molecule has 8 nitrogen and oxygen atoms in total. The average Bonchev–Trinajstić information content (AvgIpc) is 3.38. The van der Waals surface area contributed by atoms with E-state index in [1.165, 1.54) is 4.31 Å². The first kappa shape index (κ1) is 16.7. The third kappa shape index (κ3) is 2.55. The van der Waals surface area contributed by atoms with Gasteiger partial charge in [-0.2, -0.15) is 13.1 Å². The quantitative estimate of drug-likeness (QED) is 0.524. The largest absolute Gasteiger partial charge is 0.308 e. The van der Waals surface area contributed by atoms with Crippen LogP contribution in [0.1, 0.15) is 18.3 Å². The van der Waals surface area contributed by atoms with Gasteiger partial charge in [-0.1, -0.05) is 6.07 Å². The van der Waals surface area contributed by atoms with Crippen molar-refractivity contribution in [2.24, 2.45) is 0 Å². The lowest BCUT2D eigenvalue weighted by Crippen LogP contribution is -2.29. The standard InChI is InChI=1S/C17H16N6O2S2/c1-11-19-14-5-3-8-18-17(14)23(11)12-7-9-22(10-12)27(24,25)15-6-2-4-13-16(15)21-26-20-13/h2-6,8,12H,7,9-10H2,1H3/t12-/m1/s1. The number of nitrogens with zero attached hydrogens (tertiary/aromatic N) is 6. The van der Waals surface area contributed by atoms with Crippen molar-refractivity contribution in [3.63, 3.8) is 0 Å². The summed E-state index contributed by atoms with van der Waals surface area (Å²) in [7, 11) is -3.64. The lowest BCUT2D eigenvalue weighted by molar-refractivity contribution is 0.452. The number of benzene rings is 1. The van der Waals surface area contributed by atoms with Gasteiger partial charge in [0.05, 0.1) is 17.8 Å². The molecule has 1 aromatic carbocycles. The minimum absolute atomic E-state index is 0.00689. The lowest BCUT2D eigenvalue weighted by atomic mass is 10.2. The monoisotopic (exact) mass is 400 g/mol. The van der Waals surface area contributed by atoms with Gasteiger partial charge in [0.15, 0.2) is 5.65 Å². The summed E-state index contributed by atoms with van der Waals surface area (Å²) in [5.74, 6) is 0.846. The Balaban J connectivity index is 1.52. The van der Waals surface area contributed by atoms with Crippen molar-refractivity contribution < 1.29 is 8.42 Å². The number of hydrogen-bond donors (Lipinski definition) is 0. The molecule has 1 aliphatic heterocycles. The van der Waals surface area contributed by atoms with Gasteiger partial charge in [-0.3, -0.25) is 0 Å². The van der Waals surface area contributed by atoms with Crippen molar-refractivity contribution in [1.29, 1.82) is 0 Å². The molecule has 1 aliphatic rings. The smallest absolute Gasteiger partial charge is 0.245 e. The second kappa shape index (κ2) is 6.04. The molecule has 5 rings (SSSR count). The number of rotatable bonds is 3. The van der Waals surface area contributed by atoms with Crippen molar-refractivity contribution in [3.8, 4) is 0 Å². The molecule has 4 aromatic rings. The number of aromatic nitrogens is 5. The number of pyridine rings is 1. The van der Waals surface area contributed by atoms with Gasteiger partial charge in [0.2, 0.25) is 10.0 Å². The molecule has 0 radical (unpaired) electrons. The van der Waals surface area contributed by atoms with Gasteiger partial charge < -0.3 is 4.57 Å². The van der Waals surface area contributed by atoms with Crippen molar-refractivity contribution in [2.45, 2.75) is 24.3 Å². The predicted molar refractivity (Wildman–Crippen MR) is 102 cm³/mol. The zero-order chi connectivity index (χ0) is 18.6. The Kier molecular flexibility index (Phi) is 3.74. The number of sulfonamides is 1. The number of imidazole rings is 1. The summed E-state index contributed by atoms with van der Waals surface area (Å²) in [5.41, 5.74) is 2.68. The highest BCUT2D eigenvalue weighted by atomic mass is 32.2. The molecule has 0 bridgehead atoms. The van der Waals surface area contributed by atoms with E-state index in [0.717, 1.165) is 28.7 Å². The van der Waals surface area contributed by atoms with Crippen LogP contribution < -0.4 is 0 Å². The van der Waals surface area contributed by atoms with E-state index in [1.807, 2.05) is 19.1 Å². The van der Waals surface area contributed by atoms with Crippen LogP contribution in [-0.2, 0) is 10.0 Å². The second-order valence-corrected chi connectivity index (χ2v) is 9.00. The second-order valence-electron chi connectivity index (χ2n) is 6.57. The van der Waals surface area contributed by atoms with E-state index in [1.54, 1.807) is 24.4 Å². The highest BCUT2D eigenvalue weighted by Gasteiger charge is 2.36. The van der Waals surface area contributed by atoms with Crippen LogP contribution in [-0.4, -0.2) is 49.1 Å². The maximum atomic E-state index is 13.2. The van der Waals surface area contributed by atoms with Gasteiger partial charge in [0.1, 0.15) is 27.3 Å². The molecule has 1 atom stereocenters. The fourth-order valence-corrected chi connectivity index (χ4v) is 5.99. The van der Waals surface area contributed by atoms with E-state index in [0.29, 0.717) is 30.5 Å². The normalized spacial score (nSPS) is 18.6. The first-order valence-electron chi connectivity index (χ1n) is 8.57. The Morgan fingerprint density at radius 1 is 1.15 bits per heavy atom. The van der Waals surface area contributed by atoms with E-state index < -0.39 is 10.0 Å². The molecule has 1 fully saturated rings. The molecule has 0 N–H and O–H groups in total. The van der Waals surface area contributed by atoms with Gasteiger partial charge in [0, 0.05) is 19.3 Å². The minimum Gasteiger partial charge on any atom is -0.308 e. The van der Waals surface area contributed by atoms with Crippen LogP contribution in [0.15, 0.2) is 41.4 Å². The fraction of sp³-hybridized carbons (Fsp3) is 0.294. The van der Waals surface area contributed by atoms with Crippen LogP contribution in [0.4, 0.5) is 0 Å². The Bertz CT molecular complexity index is 1260. The highest BCUT2D eigenvalue weighted by Crippen LogP contribution is 2.32. The Labute approximate surface area is 159 Å². The summed E-state index contributed by atoms with van der Waals surface area (Å²) >= 11 is 1.02. The topological polar surface area (TPSA) is 93.9 Å². The van der Waals surface area contributed by atoms with Crippen molar-refractivity contribution in [3.05, 3.63) is 42.4 Å². The first-order valence-corrected chi connectivity index (χ1v) is 10.7. The molecule has 138 valence electrons. The number of aryl methyl sites for hydroxylation is 1. The fourth-order valence-electron chi connectivity index (χ4n) is 3.75. The van der Waals surface area contributed by atoms with Gasteiger partial charge >= 0.3 is 0 Å². The molecule has 1 saturated heterocycles. The van der Waals surface area contributed by atoms with E-state index in [9.17, 15) is 8.42 Å². The van der Waals surface area contributed by atoms with E-state index in [4.69, 9.17) is 0 Å². The van der Waals surface area contributed by atoms with E-state index in [2.05, 4.69) is 23.3 Å². The van der Waals surface area contributed by atoms with Gasteiger partial charge in [0.25, 0.3) is 0 Å². The summed E-state index contributed by atoms with van der Waals surface area (Å²) in [6.07, 6.45) is 2.45. The summed E-state index contributed by atoms with van der Waals surface area (Å²) in [6.45, 7) is 2.77. The van der Waals surface area contributed by atoms with E-state index in [-0.39, 0.29) is 10.9 Å². The Hall–Kier alpha value is -2.43. The van der Waals surface area contributed by atoms with Crippen LogP contribution in [0.25, 0.3) is 22.2 Å². The summed E-state index contributed by atoms with van der Waals surface area (Å²) in [5, 5.41) is 0.